The predicted molar refractivity (Wildman–Crippen MR) is 43.9 cm³/mol. The van der Waals surface area contributed by atoms with Gasteiger partial charge in [-0.2, -0.15) is 0 Å². The summed E-state index contributed by atoms with van der Waals surface area (Å²) in [6.07, 6.45) is -1.46. The number of alkyl halides is 1. The van der Waals surface area contributed by atoms with Gasteiger partial charge in [-0.15, -0.1) is 0 Å². The molecule has 0 saturated heterocycles. The minimum Gasteiger partial charge on any atom is -0.496 e. The van der Waals surface area contributed by atoms with Crippen molar-refractivity contribution < 1.29 is 18.6 Å². The van der Waals surface area contributed by atoms with Crippen LogP contribution in [0.3, 0.4) is 0 Å². The van der Waals surface area contributed by atoms with Crippen LogP contribution in [0.2, 0.25) is 0 Å². The number of rotatable bonds is 3. The Morgan fingerprint density at radius 2 is 2.23 bits per heavy atom. The number of aliphatic hydroxyl groups excluding tert-OH is 1. The second-order valence-corrected chi connectivity index (χ2v) is 2.53. The number of benzene rings is 1. The Bertz CT molecular complexity index is 289. The molecule has 1 aromatic carbocycles. The SMILES string of the molecule is COc1cccc(F)c1C(O)CF. The Balaban J connectivity index is 3.14. The maximum Gasteiger partial charge on any atom is 0.132 e. The summed E-state index contributed by atoms with van der Waals surface area (Å²) in [4.78, 5) is 0. The largest absolute Gasteiger partial charge is 0.496 e. The van der Waals surface area contributed by atoms with Gasteiger partial charge in [0, 0.05) is 0 Å². The Morgan fingerprint density at radius 1 is 1.54 bits per heavy atom. The van der Waals surface area contributed by atoms with Crippen molar-refractivity contribution in [3.05, 3.63) is 29.6 Å². The van der Waals surface area contributed by atoms with Crippen LogP contribution < -0.4 is 4.74 Å². The number of methoxy groups -OCH3 is 1. The Labute approximate surface area is 74.8 Å². The first kappa shape index (κ1) is 9.92. The van der Waals surface area contributed by atoms with Crippen LogP contribution >= 0.6 is 0 Å². The van der Waals surface area contributed by atoms with Crippen molar-refractivity contribution in [2.24, 2.45) is 0 Å². The van der Waals surface area contributed by atoms with Gasteiger partial charge in [0.2, 0.25) is 0 Å². The fourth-order valence-corrected chi connectivity index (χ4v) is 1.10. The zero-order chi connectivity index (χ0) is 9.84. The first-order chi connectivity index (χ1) is 6.20. The molecule has 1 rings (SSSR count). The second-order valence-electron chi connectivity index (χ2n) is 2.53. The van der Waals surface area contributed by atoms with Crippen LogP contribution in [0, 0.1) is 5.82 Å². The fourth-order valence-electron chi connectivity index (χ4n) is 1.10. The van der Waals surface area contributed by atoms with Gasteiger partial charge < -0.3 is 9.84 Å². The number of hydrogen-bond donors (Lipinski definition) is 1. The van der Waals surface area contributed by atoms with Crippen molar-refractivity contribution in [3.8, 4) is 5.75 Å². The second kappa shape index (κ2) is 4.18. The smallest absolute Gasteiger partial charge is 0.132 e. The van der Waals surface area contributed by atoms with E-state index in [1.165, 1.54) is 19.2 Å². The van der Waals surface area contributed by atoms with Crippen molar-refractivity contribution in [2.45, 2.75) is 6.10 Å². The molecule has 0 amide bonds. The van der Waals surface area contributed by atoms with Gasteiger partial charge in [0.1, 0.15) is 24.3 Å². The molecule has 0 aliphatic heterocycles. The van der Waals surface area contributed by atoms with Gasteiger partial charge in [-0.25, -0.2) is 8.78 Å². The molecule has 0 radical (unpaired) electrons. The Morgan fingerprint density at radius 3 is 2.77 bits per heavy atom. The van der Waals surface area contributed by atoms with E-state index in [1.807, 2.05) is 0 Å². The normalized spacial score (nSPS) is 12.6. The quantitative estimate of drug-likeness (QED) is 0.784. The highest BCUT2D eigenvalue weighted by Crippen LogP contribution is 2.27. The number of halogens is 2. The van der Waals surface area contributed by atoms with E-state index in [0.29, 0.717) is 0 Å². The molecule has 0 spiro atoms. The van der Waals surface area contributed by atoms with Gasteiger partial charge in [0.15, 0.2) is 0 Å². The predicted octanol–water partition coefficient (Wildman–Crippen LogP) is 1.84. The number of hydrogen-bond acceptors (Lipinski definition) is 2. The van der Waals surface area contributed by atoms with Crippen LogP contribution in [0.1, 0.15) is 11.7 Å². The van der Waals surface area contributed by atoms with Crippen molar-refractivity contribution in [3.63, 3.8) is 0 Å². The lowest BCUT2D eigenvalue weighted by molar-refractivity contribution is 0.134. The molecule has 0 aromatic heterocycles. The van der Waals surface area contributed by atoms with E-state index in [9.17, 15) is 8.78 Å². The van der Waals surface area contributed by atoms with Crippen LogP contribution in [0.25, 0.3) is 0 Å². The third-order valence-electron chi connectivity index (χ3n) is 1.71. The van der Waals surface area contributed by atoms with E-state index >= 15 is 0 Å². The molecule has 4 heteroatoms. The van der Waals surface area contributed by atoms with E-state index in [1.54, 1.807) is 0 Å². The van der Waals surface area contributed by atoms with E-state index in [2.05, 4.69) is 0 Å². The van der Waals surface area contributed by atoms with E-state index in [0.717, 1.165) is 6.07 Å². The molecule has 1 atom stereocenters. The highest BCUT2D eigenvalue weighted by atomic mass is 19.1. The minimum absolute atomic E-state index is 0.132. The molecule has 0 aliphatic carbocycles. The number of aliphatic hydroxyl groups is 1. The fraction of sp³-hybridized carbons (Fsp3) is 0.333. The summed E-state index contributed by atoms with van der Waals surface area (Å²) in [6, 6.07) is 4.05. The summed E-state index contributed by atoms with van der Waals surface area (Å²) in [5.74, 6) is -0.505. The molecule has 0 heterocycles. The van der Waals surface area contributed by atoms with Crippen molar-refractivity contribution >= 4 is 0 Å². The average molecular weight is 188 g/mol. The zero-order valence-electron chi connectivity index (χ0n) is 7.13. The van der Waals surface area contributed by atoms with Crippen LogP contribution in [0.4, 0.5) is 8.78 Å². The molecule has 13 heavy (non-hydrogen) atoms. The molecule has 1 unspecified atom stereocenters. The molecule has 1 N–H and O–H groups in total. The number of ether oxygens (including phenoxy) is 1. The molecule has 2 nitrogen and oxygen atoms in total. The zero-order valence-corrected chi connectivity index (χ0v) is 7.13. The van der Waals surface area contributed by atoms with E-state index < -0.39 is 18.6 Å². The lowest BCUT2D eigenvalue weighted by Gasteiger charge is -2.12. The molecule has 0 aliphatic rings. The molecule has 0 bridgehead atoms. The topological polar surface area (TPSA) is 29.5 Å². The highest BCUT2D eigenvalue weighted by Gasteiger charge is 2.17. The van der Waals surface area contributed by atoms with Crippen molar-refractivity contribution in [1.82, 2.24) is 0 Å². The summed E-state index contributed by atoms with van der Waals surface area (Å²) in [6.45, 7) is -1.03. The minimum atomic E-state index is -1.46. The van der Waals surface area contributed by atoms with Crippen LogP contribution in [-0.4, -0.2) is 18.9 Å². The first-order valence-corrected chi connectivity index (χ1v) is 3.77. The van der Waals surface area contributed by atoms with Crippen molar-refractivity contribution in [1.29, 1.82) is 0 Å². The van der Waals surface area contributed by atoms with Gasteiger partial charge in [0.05, 0.1) is 12.7 Å². The van der Waals surface area contributed by atoms with E-state index in [4.69, 9.17) is 9.84 Å². The molecule has 1 aromatic rings. The summed E-state index contributed by atoms with van der Waals surface area (Å²) in [7, 11) is 1.34. The Hall–Kier alpha value is -1.16. The maximum atomic E-state index is 13.1. The molecule has 0 saturated carbocycles. The average Bonchev–Trinajstić information content (AvgIpc) is 2.16. The lowest BCUT2D eigenvalue weighted by Crippen LogP contribution is -2.05. The van der Waals surface area contributed by atoms with Crippen molar-refractivity contribution in [2.75, 3.05) is 13.8 Å². The van der Waals surface area contributed by atoms with Gasteiger partial charge in [0.25, 0.3) is 0 Å². The van der Waals surface area contributed by atoms with Gasteiger partial charge in [-0.1, -0.05) is 6.07 Å². The molecule has 72 valence electrons. The van der Waals surface area contributed by atoms with Crippen LogP contribution in [-0.2, 0) is 0 Å². The maximum absolute atomic E-state index is 13.1. The Kier molecular flexibility index (Phi) is 3.19. The van der Waals surface area contributed by atoms with Crippen LogP contribution in [0.15, 0.2) is 18.2 Å². The molecular weight excluding hydrogens is 178 g/mol. The third kappa shape index (κ3) is 1.95. The summed E-state index contributed by atoms with van der Waals surface area (Å²) < 4.78 is 29.9. The third-order valence-corrected chi connectivity index (χ3v) is 1.71. The first-order valence-electron chi connectivity index (χ1n) is 3.77. The van der Waals surface area contributed by atoms with Gasteiger partial charge in [-0.3, -0.25) is 0 Å². The van der Waals surface area contributed by atoms with Gasteiger partial charge in [-0.05, 0) is 12.1 Å². The summed E-state index contributed by atoms with van der Waals surface area (Å²) in [5.41, 5.74) is -0.132. The molecular formula is C9H10F2O2. The monoisotopic (exact) mass is 188 g/mol. The van der Waals surface area contributed by atoms with E-state index in [-0.39, 0.29) is 11.3 Å². The summed E-state index contributed by atoms with van der Waals surface area (Å²) in [5, 5.41) is 9.13. The summed E-state index contributed by atoms with van der Waals surface area (Å²) >= 11 is 0. The van der Waals surface area contributed by atoms with Crippen LogP contribution in [0.5, 0.6) is 5.75 Å². The highest BCUT2D eigenvalue weighted by molar-refractivity contribution is 5.36. The standard InChI is InChI=1S/C9H10F2O2/c1-13-8-4-2-3-6(11)9(8)7(12)5-10/h2-4,7,12H,5H2,1H3. The van der Waals surface area contributed by atoms with Gasteiger partial charge >= 0.3 is 0 Å². The molecule has 0 fully saturated rings. The lowest BCUT2D eigenvalue weighted by atomic mass is 10.1.